The molecule has 0 amide bonds. The van der Waals surface area contributed by atoms with Crippen LogP contribution in [0.25, 0.3) is 0 Å². The van der Waals surface area contributed by atoms with Crippen LogP contribution >= 0.6 is 0 Å². The van der Waals surface area contributed by atoms with Gasteiger partial charge < -0.3 is 15.2 Å². The minimum atomic E-state index is 0.0482. The van der Waals surface area contributed by atoms with E-state index in [9.17, 15) is 0 Å². The number of aliphatic hydroxyl groups is 1. The van der Waals surface area contributed by atoms with Crippen molar-refractivity contribution in [2.45, 2.75) is 13.3 Å². The van der Waals surface area contributed by atoms with Crippen molar-refractivity contribution in [2.75, 3.05) is 25.1 Å². The van der Waals surface area contributed by atoms with E-state index in [0.29, 0.717) is 6.61 Å². The van der Waals surface area contributed by atoms with Gasteiger partial charge in [-0.25, -0.2) is 0 Å². The second-order valence-electron chi connectivity index (χ2n) is 3.03. The zero-order valence-corrected chi connectivity index (χ0v) is 8.49. The van der Waals surface area contributed by atoms with Crippen LogP contribution in [-0.4, -0.2) is 24.9 Å². The first-order chi connectivity index (χ1) is 6.86. The first kappa shape index (κ1) is 10.9. The Hall–Kier alpha value is -1.22. The fourth-order valence-electron chi connectivity index (χ4n) is 1.13. The highest BCUT2D eigenvalue weighted by Gasteiger charge is 1.95. The summed E-state index contributed by atoms with van der Waals surface area (Å²) in [5.41, 5.74) is 1.06. The van der Waals surface area contributed by atoms with E-state index in [2.05, 4.69) is 12.2 Å². The van der Waals surface area contributed by atoms with Crippen LogP contribution in [0.5, 0.6) is 5.75 Å². The molecule has 0 atom stereocenters. The van der Waals surface area contributed by atoms with Crippen molar-refractivity contribution >= 4 is 5.69 Å². The van der Waals surface area contributed by atoms with Gasteiger partial charge in [0.1, 0.15) is 12.4 Å². The number of hydrogen-bond donors (Lipinski definition) is 2. The molecule has 1 rings (SSSR count). The fourth-order valence-corrected chi connectivity index (χ4v) is 1.13. The Balaban J connectivity index is 2.50. The molecule has 0 aliphatic carbocycles. The summed E-state index contributed by atoms with van der Waals surface area (Å²) >= 11 is 0. The Labute approximate surface area is 84.7 Å². The number of hydrogen-bond acceptors (Lipinski definition) is 3. The number of rotatable bonds is 6. The molecule has 0 aliphatic rings. The summed E-state index contributed by atoms with van der Waals surface area (Å²) in [6.45, 7) is 3.48. The molecular weight excluding hydrogens is 178 g/mol. The molecule has 3 heteroatoms. The highest BCUT2D eigenvalue weighted by Crippen LogP contribution is 2.16. The lowest BCUT2D eigenvalue weighted by molar-refractivity contribution is 0.201. The summed E-state index contributed by atoms with van der Waals surface area (Å²) in [5.74, 6) is 0.792. The molecule has 0 heterocycles. The molecule has 1 aromatic rings. The third kappa shape index (κ3) is 3.66. The van der Waals surface area contributed by atoms with E-state index in [1.165, 1.54) is 0 Å². The van der Waals surface area contributed by atoms with Crippen molar-refractivity contribution in [2.24, 2.45) is 0 Å². The summed E-state index contributed by atoms with van der Waals surface area (Å²) in [7, 11) is 0. The van der Waals surface area contributed by atoms with Crippen molar-refractivity contribution in [1.29, 1.82) is 0 Å². The summed E-state index contributed by atoms with van der Waals surface area (Å²) < 4.78 is 5.29. The van der Waals surface area contributed by atoms with Gasteiger partial charge in [0.05, 0.1) is 6.61 Å². The van der Waals surface area contributed by atoms with Crippen molar-refractivity contribution < 1.29 is 9.84 Å². The Morgan fingerprint density at radius 2 is 2.29 bits per heavy atom. The summed E-state index contributed by atoms with van der Waals surface area (Å²) in [5, 5.41) is 11.9. The van der Waals surface area contributed by atoms with Crippen LogP contribution in [0.2, 0.25) is 0 Å². The highest BCUT2D eigenvalue weighted by molar-refractivity contribution is 5.48. The molecule has 0 aromatic heterocycles. The Morgan fingerprint density at radius 3 is 3.00 bits per heavy atom. The number of ether oxygens (including phenoxy) is 1. The molecule has 78 valence electrons. The van der Waals surface area contributed by atoms with Crippen molar-refractivity contribution in [3.05, 3.63) is 24.3 Å². The van der Waals surface area contributed by atoms with Gasteiger partial charge in [0, 0.05) is 18.3 Å². The van der Waals surface area contributed by atoms with Gasteiger partial charge in [0.25, 0.3) is 0 Å². The maximum absolute atomic E-state index is 8.60. The van der Waals surface area contributed by atoms with E-state index in [0.717, 1.165) is 24.4 Å². The first-order valence-electron chi connectivity index (χ1n) is 4.94. The SMILES string of the molecule is CCCNc1cccc(OCCO)c1. The minimum absolute atomic E-state index is 0.0482. The summed E-state index contributed by atoms with van der Waals surface area (Å²) in [6.07, 6.45) is 1.10. The average molecular weight is 195 g/mol. The lowest BCUT2D eigenvalue weighted by Gasteiger charge is -2.08. The van der Waals surface area contributed by atoms with Gasteiger partial charge in [-0.15, -0.1) is 0 Å². The van der Waals surface area contributed by atoms with Crippen LogP contribution in [0.4, 0.5) is 5.69 Å². The van der Waals surface area contributed by atoms with Gasteiger partial charge in [-0.05, 0) is 18.6 Å². The lowest BCUT2D eigenvalue weighted by atomic mass is 10.3. The fraction of sp³-hybridized carbons (Fsp3) is 0.455. The van der Waals surface area contributed by atoms with E-state index in [1.54, 1.807) is 0 Å². The van der Waals surface area contributed by atoms with Crippen LogP contribution in [0, 0.1) is 0 Å². The molecule has 0 saturated heterocycles. The van der Waals surface area contributed by atoms with Gasteiger partial charge >= 0.3 is 0 Å². The molecular formula is C11H17NO2. The van der Waals surface area contributed by atoms with Crippen LogP contribution < -0.4 is 10.1 Å². The molecule has 1 aromatic carbocycles. The molecule has 0 saturated carbocycles. The van der Waals surface area contributed by atoms with Gasteiger partial charge in [0.2, 0.25) is 0 Å². The molecule has 2 N–H and O–H groups in total. The summed E-state index contributed by atoms with van der Waals surface area (Å²) in [6, 6.07) is 7.75. The second kappa shape index (κ2) is 6.27. The van der Waals surface area contributed by atoms with E-state index >= 15 is 0 Å². The molecule has 0 unspecified atom stereocenters. The highest BCUT2D eigenvalue weighted by atomic mass is 16.5. The lowest BCUT2D eigenvalue weighted by Crippen LogP contribution is -2.03. The molecule has 0 aliphatic heterocycles. The minimum Gasteiger partial charge on any atom is -0.491 e. The van der Waals surface area contributed by atoms with Gasteiger partial charge in [0.15, 0.2) is 0 Å². The summed E-state index contributed by atoms with van der Waals surface area (Å²) in [4.78, 5) is 0. The van der Waals surface area contributed by atoms with Crippen LogP contribution in [0.3, 0.4) is 0 Å². The van der Waals surface area contributed by atoms with Crippen molar-refractivity contribution in [3.63, 3.8) is 0 Å². The van der Waals surface area contributed by atoms with Gasteiger partial charge in [-0.2, -0.15) is 0 Å². The van der Waals surface area contributed by atoms with E-state index in [-0.39, 0.29) is 6.61 Å². The Kier molecular flexibility index (Phi) is 4.86. The zero-order valence-electron chi connectivity index (χ0n) is 8.49. The standard InChI is InChI=1S/C11H17NO2/c1-2-6-12-10-4-3-5-11(9-10)14-8-7-13/h3-5,9,12-13H,2,6-8H2,1H3. The number of anilines is 1. The first-order valence-corrected chi connectivity index (χ1v) is 4.94. The van der Waals surface area contributed by atoms with Crippen LogP contribution in [-0.2, 0) is 0 Å². The molecule has 0 radical (unpaired) electrons. The monoisotopic (exact) mass is 195 g/mol. The maximum atomic E-state index is 8.60. The van der Waals surface area contributed by atoms with Crippen molar-refractivity contribution in [1.82, 2.24) is 0 Å². The zero-order chi connectivity index (χ0) is 10.2. The third-order valence-corrected chi connectivity index (χ3v) is 1.77. The Bertz CT molecular complexity index is 240. The molecule has 3 nitrogen and oxygen atoms in total. The van der Waals surface area contributed by atoms with Crippen LogP contribution in [0.1, 0.15) is 13.3 Å². The number of aliphatic hydroxyl groups excluding tert-OH is 1. The van der Waals surface area contributed by atoms with Crippen molar-refractivity contribution in [3.8, 4) is 5.75 Å². The largest absolute Gasteiger partial charge is 0.491 e. The molecule has 0 bridgehead atoms. The van der Waals surface area contributed by atoms with Gasteiger partial charge in [-0.3, -0.25) is 0 Å². The maximum Gasteiger partial charge on any atom is 0.121 e. The van der Waals surface area contributed by atoms with E-state index in [4.69, 9.17) is 9.84 Å². The smallest absolute Gasteiger partial charge is 0.121 e. The van der Waals surface area contributed by atoms with Gasteiger partial charge in [-0.1, -0.05) is 13.0 Å². The predicted octanol–water partition coefficient (Wildman–Crippen LogP) is 1.88. The quantitative estimate of drug-likeness (QED) is 0.728. The average Bonchev–Trinajstić information content (AvgIpc) is 2.24. The number of nitrogens with one attached hydrogen (secondary N) is 1. The molecule has 14 heavy (non-hydrogen) atoms. The molecule has 0 spiro atoms. The molecule has 0 fully saturated rings. The normalized spacial score (nSPS) is 9.86. The van der Waals surface area contributed by atoms with Crippen LogP contribution in [0.15, 0.2) is 24.3 Å². The Morgan fingerprint density at radius 1 is 1.43 bits per heavy atom. The van der Waals surface area contributed by atoms with E-state index < -0.39 is 0 Å². The second-order valence-corrected chi connectivity index (χ2v) is 3.03. The topological polar surface area (TPSA) is 41.5 Å². The van der Waals surface area contributed by atoms with E-state index in [1.807, 2.05) is 24.3 Å². The predicted molar refractivity (Wildman–Crippen MR) is 57.8 cm³/mol. The number of benzene rings is 1. The third-order valence-electron chi connectivity index (χ3n) is 1.77.